The Bertz CT molecular complexity index is 756. The Hall–Kier alpha value is -0.960. The topological polar surface area (TPSA) is 85.1 Å². The largest absolute Gasteiger partial charge is 0.399 e. The van der Waals surface area contributed by atoms with Crippen LogP contribution in [0.3, 0.4) is 0 Å². The molecule has 0 amide bonds. The van der Waals surface area contributed by atoms with Gasteiger partial charge in [-0.1, -0.05) is 0 Å². The summed E-state index contributed by atoms with van der Waals surface area (Å²) in [6.07, 6.45) is 3.32. The van der Waals surface area contributed by atoms with Crippen molar-refractivity contribution in [2.75, 3.05) is 5.73 Å². The number of hydrogen-bond acceptors (Lipinski definition) is 4. The predicted octanol–water partition coefficient (Wildman–Crippen LogP) is 2.98. The number of anilines is 1. The summed E-state index contributed by atoms with van der Waals surface area (Å²) in [5.74, 6) is 0. The molecule has 112 valence electrons. The normalized spacial score (nSPS) is 11.6. The van der Waals surface area contributed by atoms with Gasteiger partial charge in [0.15, 0.2) is 0 Å². The van der Waals surface area contributed by atoms with E-state index < -0.39 is 10.0 Å². The number of halogens is 2. The van der Waals surface area contributed by atoms with Crippen molar-refractivity contribution < 1.29 is 8.42 Å². The van der Waals surface area contributed by atoms with Crippen LogP contribution in [-0.4, -0.2) is 13.4 Å². The number of pyridine rings is 1. The Labute approximate surface area is 140 Å². The van der Waals surface area contributed by atoms with Gasteiger partial charge < -0.3 is 5.73 Å². The van der Waals surface area contributed by atoms with Crippen LogP contribution in [0.5, 0.6) is 0 Å². The highest BCUT2D eigenvalue weighted by Crippen LogP contribution is 2.32. The molecule has 2 rings (SSSR count). The summed E-state index contributed by atoms with van der Waals surface area (Å²) in [5.41, 5.74) is 7.94. The maximum atomic E-state index is 12.4. The molecule has 0 saturated heterocycles. The number of nitrogens with zero attached hydrogens (tertiary/aromatic N) is 1. The predicted molar refractivity (Wildman–Crippen MR) is 89.3 cm³/mol. The van der Waals surface area contributed by atoms with Crippen LogP contribution in [-0.2, 0) is 16.6 Å². The molecule has 21 heavy (non-hydrogen) atoms. The summed E-state index contributed by atoms with van der Waals surface area (Å²) in [7, 11) is -3.67. The number of aryl methyl sites for hydroxylation is 1. The number of benzene rings is 1. The summed E-state index contributed by atoms with van der Waals surface area (Å²) < 4.78 is 28.3. The Morgan fingerprint density at radius 1 is 1.29 bits per heavy atom. The van der Waals surface area contributed by atoms with E-state index in [4.69, 9.17) is 5.73 Å². The molecule has 0 spiro atoms. The monoisotopic (exact) mass is 433 g/mol. The van der Waals surface area contributed by atoms with Crippen molar-refractivity contribution in [2.24, 2.45) is 0 Å². The number of nitrogen functional groups attached to an aromatic ring is 1. The molecule has 0 saturated carbocycles. The molecule has 0 radical (unpaired) electrons. The third kappa shape index (κ3) is 3.82. The second-order valence-corrected chi connectivity index (χ2v) is 7.85. The molecule has 2 aromatic rings. The minimum absolute atomic E-state index is 0.128. The second-order valence-electron chi connectivity index (χ2n) is 4.44. The van der Waals surface area contributed by atoms with E-state index in [0.717, 1.165) is 11.1 Å². The van der Waals surface area contributed by atoms with Gasteiger partial charge in [0.05, 0.1) is 0 Å². The number of sulfonamides is 1. The first-order valence-electron chi connectivity index (χ1n) is 5.95. The Morgan fingerprint density at radius 2 is 1.90 bits per heavy atom. The van der Waals surface area contributed by atoms with Gasteiger partial charge in [-0.15, -0.1) is 0 Å². The quantitative estimate of drug-likeness (QED) is 0.724. The van der Waals surface area contributed by atoms with Gasteiger partial charge in [0.25, 0.3) is 0 Å². The van der Waals surface area contributed by atoms with E-state index in [-0.39, 0.29) is 11.4 Å². The van der Waals surface area contributed by atoms with E-state index >= 15 is 0 Å². The molecule has 0 bridgehead atoms. The average molecular weight is 435 g/mol. The van der Waals surface area contributed by atoms with Gasteiger partial charge >= 0.3 is 0 Å². The fourth-order valence-electron chi connectivity index (χ4n) is 1.78. The minimum Gasteiger partial charge on any atom is -0.399 e. The van der Waals surface area contributed by atoms with E-state index in [2.05, 4.69) is 41.6 Å². The summed E-state index contributed by atoms with van der Waals surface area (Å²) in [4.78, 5) is 4.11. The molecule has 5 nitrogen and oxygen atoms in total. The molecule has 8 heteroatoms. The van der Waals surface area contributed by atoms with Crippen LogP contribution in [0.2, 0.25) is 0 Å². The van der Waals surface area contributed by atoms with Crippen LogP contribution in [0.4, 0.5) is 5.69 Å². The lowest BCUT2D eigenvalue weighted by Gasteiger charge is -2.12. The van der Waals surface area contributed by atoms with Gasteiger partial charge in [0.1, 0.15) is 4.90 Å². The number of hydrogen-bond donors (Lipinski definition) is 2. The van der Waals surface area contributed by atoms with Crippen molar-refractivity contribution in [3.05, 3.63) is 50.7 Å². The van der Waals surface area contributed by atoms with Gasteiger partial charge in [-0.2, -0.15) is 0 Å². The first-order chi connectivity index (χ1) is 9.81. The molecule has 0 aliphatic rings. The van der Waals surface area contributed by atoms with E-state index in [1.165, 1.54) is 0 Å². The van der Waals surface area contributed by atoms with Crippen LogP contribution in [0.15, 0.2) is 44.4 Å². The maximum Gasteiger partial charge on any atom is 0.243 e. The van der Waals surface area contributed by atoms with Crippen LogP contribution < -0.4 is 10.5 Å². The number of nitrogens with two attached hydrogens (primary N) is 1. The van der Waals surface area contributed by atoms with Crippen LogP contribution >= 0.6 is 31.9 Å². The van der Waals surface area contributed by atoms with Crippen LogP contribution in [0.25, 0.3) is 0 Å². The molecule has 1 aromatic heterocycles. The van der Waals surface area contributed by atoms with Crippen molar-refractivity contribution in [1.29, 1.82) is 0 Å². The summed E-state index contributed by atoms with van der Waals surface area (Å²) in [6, 6.07) is 4.89. The Morgan fingerprint density at radius 3 is 2.48 bits per heavy atom. The van der Waals surface area contributed by atoms with Crippen LogP contribution in [0, 0.1) is 6.92 Å². The second kappa shape index (κ2) is 6.43. The van der Waals surface area contributed by atoms with Gasteiger partial charge in [-0.05, 0) is 68.1 Å². The third-order valence-electron chi connectivity index (χ3n) is 2.88. The lowest BCUT2D eigenvalue weighted by atomic mass is 10.2. The first kappa shape index (κ1) is 16.4. The van der Waals surface area contributed by atoms with Crippen LogP contribution in [0.1, 0.15) is 11.1 Å². The molecule has 0 fully saturated rings. The Balaban J connectivity index is 2.30. The molecule has 3 N–H and O–H groups in total. The number of aromatic nitrogens is 1. The molecule has 0 unspecified atom stereocenters. The Kier molecular flexibility index (Phi) is 5.03. The van der Waals surface area contributed by atoms with Crippen molar-refractivity contribution >= 4 is 47.6 Å². The third-order valence-corrected chi connectivity index (χ3v) is 6.16. The van der Waals surface area contributed by atoms with Gasteiger partial charge in [-0.3, -0.25) is 4.98 Å². The zero-order valence-electron chi connectivity index (χ0n) is 11.1. The zero-order chi connectivity index (χ0) is 15.6. The van der Waals surface area contributed by atoms with Crippen molar-refractivity contribution in [2.45, 2.75) is 18.4 Å². The molecular weight excluding hydrogens is 422 g/mol. The lowest BCUT2D eigenvalue weighted by molar-refractivity contribution is 0.580. The maximum absolute atomic E-state index is 12.4. The zero-order valence-corrected chi connectivity index (χ0v) is 15.1. The van der Waals surface area contributed by atoms with E-state index in [0.29, 0.717) is 14.6 Å². The highest BCUT2D eigenvalue weighted by molar-refractivity contribution is 9.11. The molecular formula is C13H13Br2N3O2S. The minimum atomic E-state index is -3.67. The summed E-state index contributed by atoms with van der Waals surface area (Å²) in [6.45, 7) is 2.08. The van der Waals surface area contributed by atoms with Crippen molar-refractivity contribution in [1.82, 2.24) is 9.71 Å². The van der Waals surface area contributed by atoms with E-state index in [9.17, 15) is 8.42 Å². The first-order valence-corrected chi connectivity index (χ1v) is 9.02. The molecule has 1 aromatic carbocycles. The molecule has 1 heterocycles. The summed E-state index contributed by atoms with van der Waals surface area (Å²) in [5, 5.41) is 0. The standard InChI is InChI=1S/C13H13Br2N3O2S/c1-8-6-17-3-2-9(8)7-18-21(19,20)13-11(14)4-10(16)5-12(13)15/h2-6,18H,7,16H2,1H3. The molecule has 0 aliphatic heterocycles. The highest BCUT2D eigenvalue weighted by atomic mass is 79.9. The molecule has 0 atom stereocenters. The van der Waals surface area contributed by atoms with Gasteiger partial charge in [0, 0.05) is 33.6 Å². The van der Waals surface area contributed by atoms with Gasteiger partial charge in [-0.25, -0.2) is 13.1 Å². The number of rotatable bonds is 4. The van der Waals surface area contributed by atoms with Crippen molar-refractivity contribution in [3.63, 3.8) is 0 Å². The highest BCUT2D eigenvalue weighted by Gasteiger charge is 2.21. The number of nitrogens with one attached hydrogen (secondary N) is 1. The fraction of sp³-hybridized carbons (Fsp3) is 0.154. The van der Waals surface area contributed by atoms with Crippen molar-refractivity contribution in [3.8, 4) is 0 Å². The van der Waals surface area contributed by atoms with Gasteiger partial charge in [0.2, 0.25) is 10.0 Å². The molecule has 0 aliphatic carbocycles. The fourth-order valence-corrected chi connectivity index (χ4v) is 5.40. The lowest BCUT2D eigenvalue weighted by Crippen LogP contribution is -2.24. The van der Waals surface area contributed by atoms with E-state index in [1.54, 1.807) is 30.6 Å². The van der Waals surface area contributed by atoms with E-state index in [1.807, 2.05) is 6.92 Å². The SMILES string of the molecule is Cc1cnccc1CNS(=O)(=O)c1c(Br)cc(N)cc1Br. The smallest absolute Gasteiger partial charge is 0.243 e. The average Bonchev–Trinajstić information content (AvgIpc) is 2.36. The summed E-state index contributed by atoms with van der Waals surface area (Å²) >= 11 is 6.47.